The maximum atomic E-state index is 12.4. The zero-order valence-electron chi connectivity index (χ0n) is 23.3. The number of halogens is 1. The molecule has 3 amide bonds. The van der Waals surface area contributed by atoms with Crippen LogP contribution in [-0.4, -0.2) is 44.3 Å². The molecule has 0 aromatic heterocycles. The summed E-state index contributed by atoms with van der Waals surface area (Å²) in [4.78, 5) is 36.7. The monoisotopic (exact) mass is 624 g/mol. The van der Waals surface area contributed by atoms with Crippen molar-refractivity contribution in [2.24, 2.45) is 5.10 Å². The van der Waals surface area contributed by atoms with Crippen LogP contribution >= 0.6 is 15.9 Å². The van der Waals surface area contributed by atoms with E-state index in [-0.39, 0.29) is 19.1 Å². The van der Waals surface area contributed by atoms with Gasteiger partial charge in [-0.05, 0) is 81.9 Å². The van der Waals surface area contributed by atoms with Gasteiger partial charge in [0.15, 0.2) is 18.1 Å². The zero-order chi connectivity index (χ0) is 29.8. The smallest absolute Gasteiger partial charge is 0.329 e. The number of hydrogen-bond donors (Lipinski definition) is 3. The van der Waals surface area contributed by atoms with Crippen molar-refractivity contribution in [3.05, 3.63) is 81.8 Å². The highest BCUT2D eigenvalue weighted by atomic mass is 79.9. The molecule has 0 fully saturated rings. The van der Waals surface area contributed by atoms with Crippen molar-refractivity contribution in [2.45, 2.75) is 33.2 Å². The van der Waals surface area contributed by atoms with Crippen LogP contribution in [0.4, 0.5) is 5.69 Å². The Balaban J connectivity index is 1.51. The third-order valence-electron chi connectivity index (χ3n) is 5.73. The molecule has 0 heterocycles. The van der Waals surface area contributed by atoms with Gasteiger partial charge in [0.1, 0.15) is 5.75 Å². The summed E-state index contributed by atoms with van der Waals surface area (Å²) in [6.45, 7) is 6.62. The predicted molar refractivity (Wildman–Crippen MR) is 161 cm³/mol. The number of rotatable bonds is 12. The number of ether oxygens (including phenoxy) is 3. The number of nitrogens with zero attached hydrogens (tertiary/aromatic N) is 1. The summed E-state index contributed by atoms with van der Waals surface area (Å²) in [5, 5.41) is 9.18. The molecule has 3 N–H and O–H groups in total. The molecule has 41 heavy (non-hydrogen) atoms. The van der Waals surface area contributed by atoms with Crippen LogP contribution in [0.5, 0.6) is 17.2 Å². The van der Waals surface area contributed by atoms with Crippen LogP contribution in [0.15, 0.2) is 70.2 Å². The first kappa shape index (κ1) is 31.2. The average molecular weight is 626 g/mol. The first-order valence-electron chi connectivity index (χ1n) is 12.9. The summed E-state index contributed by atoms with van der Waals surface area (Å²) in [5.41, 5.74) is 5.44. The van der Waals surface area contributed by atoms with Crippen LogP contribution < -0.4 is 30.3 Å². The lowest BCUT2D eigenvalue weighted by Crippen LogP contribution is -2.37. The van der Waals surface area contributed by atoms with Crippen molar-refractivity contribution in [2.75, 3.05) is 25.6 Å². The zero-order valence-corrected chi connectivity index (χ0v) is 24.9. The second kappa shape index (κ2) is 15.4. The molecule has 0 bridgehead atoms. The van der Waals surface area contributed by atoms with Gasteiger partial charge in [0.05, 0.1) is 24.4 Å². The number of benzene rings is 3. The molecular formula is C30H33BrN4O6. The highest BCUT2D eigenvalue weighted by Crippen LogP contribution is 2.36. The van der Waals surface area contributed by atoms with Crippen LogP contribution in [0.25, 0.3) is 0 Å². The number of amides is 3. The highest BCUT2D eigenvalue weighted by Gasteiger charge is 2.15. The van der Waals surface area contributed by atoms with Crippen LogP contribution in [0.2, 0.25) is 0 Å². The van der Waals surface area contributed by atoms with Crippen LogP contribution in [-0.2, 0) is 20.9 Å². The summed E-state index contributed by atoms with van der Waals surface area (Å²) in [7, 11) is 1.46. The fourth-order valence-electron chi connectivity index (χ4n) is 3.59. The second-order valence-corrected chi connectivity index (χ2v) is 9.96. The quantitative estimate of drug-likeness (QED) is 0.151. The topological polar surface area (TPSA) is 127 Å². The van der Waals surface area contributed by atoms with E-state index in [2.05, 4.69) is 50.9 Å². The molecule has 216 valence electrons. The standard InChI is InChI=1S/C30H33BrN4O6/c1-5-40-24-12-10-23(11-13-24)34-27(36)18-41-28-25(31)14-21(15-26(28)39-4)17-33-35-30(38)29(37)32-16-20-6-8-22(9-7-20)19(2)3/h6-15,17,19H,5,16,18H2,1-4H3,(H,32,37)(H,34,36)(H,35,38)/b33-17-. The van der Waals surface area contributed by atoms with Crippen molar-refractivity contribution in [3.8, 4) is 17.2 Å². The maximum absolute atomic E-state index is 12.4. The van der Waals surface area contributed by atoms with Crippen molar-refractivity contribution in [1.29, 1.82) is 0 Å². The van der Waals surface area contributed by atoms with E-state index >= 15 is 0 Å². The molecule has 0 spiro atoms. The van der Waals surface area contributed by atoms with E-state index in [1.54, 1.807) is 36.4 Å². The Labute approximate surface area is 247 Å². The minimum atomic E-state index is -0.899. The van der Waals surface area contributed by atoms with Crippen molar-refractivity contribution < 1.29 is 28.6 Å². The van der Waals surface area contributed by atoms with E-state index in [0.29, 0.717) is 45.5 Å². The molecule has 3 aromatic rings. The van der Waals surface area contributed by atoms with Crippen LogP contribution in [0, 0.1) is 0 Å². The molecule has 0 aliphatic rings. The fourth-order valence-corrected chi connectivity index (χ4v) is 4.16. The van der Waals surface area contributed by atoms with Gasteiger partial charge in [-0.1, -0.05) is 38.1 Å². The third kappa shape index (κ3) is 9.64. The average Bonchev–Trinajstić information content (AvgIpc) is 2.96. The van der Waals surface area contributed by atoms with Gasteiger partial charge in [-0.3, -0.25) is 14.4 Å². The SMILES string of the molecule is CCOc1ccc(NC(=O)COc2c(Br)cc(/C=N\NC(=O)C(=O)NCc3ccc(C(C)C)cc3)cc2OC)cc1. The number of carbonyl (C=O) groups excluding carboxylic acids is 3. The predicted octanol–water partition coefficient (Wildman–Crippen LogP) is 4.76. The van der Waals surface area contributed by atoms with E-state index in [1.807, 2.05) is 31.2 Å². The Bertz CT molecular complexity index is 1370. The Morgan fingerprint density at radius 3 is 2.32 bits per heavy atom. The van der Waals surface area contributed by atoms with Crippen LogP contribution in [0.3, 0.4) is 0 Å². The maximum Gasteiger partial charge on any atom is 0.329 e. The molecule has 11 heteroatoms. The number of hydrogen-bond acceptors (Lipinski definition) is 7. The van der Waals surface area contributed by atoms with E-state index in [0.717, 1.165) is 5.56 Å². The first-order valence-corrected chi connectivity index (χ1v) is 13.7. The Kier molecular flexibility index (Phi) is 11.7. The van der Waals surface area contributed by atoms with Gasteiger partial charge in [0.25, 0.3) is 5.91 Å². The lowest BCUT2D eigenvalue weighted by Gasteiger charge is -2.13. The van der Waals surface area contributed by atoms with Gasteiger partial charge in [-0.25, -0.2) is 5.43 Å². The molecule has 0 saturated heterocycles. The first-order chi connectivity index (χ1) is 19.7. The van der Waals surface area contributed by atoms with E-state index in [9.17, 15) is 14.4 Å². The molecule has 0 aliphatic carbocycles. The van der Waals surface area contributed by atoms with E-state index in [4.69, 9.17) is 14.2 Å². The largest absolute Gasteiger partial charge is 0.494 e. The van der Waals surface area contributed by atoms with Gasteiger partial charge < -0.3 is 24.8 Å². The fraction of sp³-hybridized carbons (Fsp3) is 0.267. The van der Waals surface area contributed by atoms with Crippen molar-refractivity contribution in [3.63, 3.8) is 0 Å². The molecule has 0 atom stereocenters. The molecule has 0 radical (unpaired) electrons. The molecule has 3 rings (SSSR count). The Hall–Kier alpha value is -4.38. The minimum absolute atomic E-state index is 0.220. The van der Waals surface area contributed by atoms with E-state index < -0.39 is 11.8 Å². The lowest BCUT2D eigenvalue weighted by molar-refractivity contribution is -0.139. The summed E-state index contributed by atoms with van der Waals surface area (Å²) < 4.78 is 17.0. The van der Waals surface area contributed by atoms with Gasteiger partial charge in [-0.15, -0.1) is 0 Å². The lowest BCUT2D eigenvalue weighted by atomic mass is 10.0. The second-order valence-electron chi connectivity index (χ2n) is 9.11. The number of anilines is 1. The van der Waals surface area contributed by atoms with Crippen molar-refractivity contribution in [1.82, 2.24) is 10.7 Å². The summed E-state index contributed by atoms with van der Waals surface area (Å²) in [6, 6.07) is 18.1. The summed E-state index contributed by atoms with van der Waals surface area (Å²) in [6.07, 6.45) is 1.35. The molecule has 0 saturated carbocycles. The summed E-state index contributed by atoms with van der Waals surface area (Å²) >= 11 is 3.41. The van der Waals surface area contributed by atoms with Crippen molar-refractivity contribution >= 4 is 45.6 Å². The molecular weight excluding hydrogens is 592 g/mol. The minimum Gasteiger partial charge on any atom is -0.494 e. The highest BCUT2D eigenvalue weighted by molar-refractivity contribution is 9.10. The number of nitrogens with one attached hydrogen (secondary N) is 3. The molecule has 10 nitrogen and oxygen atoms in total. The summed E-state index contributed by atoms with van der Waals surface area (Å²) in [5.74, 6) is -0.287. The van der Waals surface area contributed by atoms with Gasteiger partial charge in [-0.2, -0.15) is 5.10 Å². The van der Waals surface area contributed by atoms with Gasteiger partial charge in [0.2, 0.25) is 0 Å². The van der Waals surface area contributed by atoms with E-state index in [1.165, 1.54) is 18.9 Å². The number of hydrazone groups is 1. The van der Waals surface area contributed by atoms with Gasteiger partial charge in [0, 0.05) is 12.2 Å². The normalized spacial score (nSPS) is 10.8. The Morgan fingerprint density at radius 2 is 1.68 bits per heavy atom. The van der Waals surface area contributed by atoms with Gasteiger partial charge >= 0.3 is 11.8 Å². The number of methoxy groups -OCH3 is 1. The molecule has 0 unspecified atom stereocenters. The molecule has 0 aliphatic heterocycles. The Morgan fingerprint density at radius 1 is 0.976 bits per heavy atom. The number of carbonyl (C=O) groups is 3. The third-order valence-corrected chi connectivity index (χ3v) is 6.32. The molecule has 3 aromatic carbocycles. The van der Waals surface area contributed by atoms with Crippen LogP contribution in [0.1, 0.15) is 43.4 Å².